The minimum atomic E-state index is 0.178. The molecule has 2 aromatic rings. The highest BCUT2D eigenvalue weighted by molar-refractivity contribution is 5.74. The summed E-state index contributed by atoms with van der Waals surface area (Å²) < 4.78 is 0. The molecule has 3 nitrogen and oxygen atoms in total. The van der Waals surface area contributed by atoms with Crippen molar-refractivity contribution in [2.45, 2.75) is 39.2 Å². The lowest BCUT2D eigenvalue weighted by atomic mass is 10.00. The number of hydrogen-bond donors (Lipinski definition) is 0. The number of aromatic nitrogens is 1. The third kappa shape index (κ3) is 3.19. The second kappa shape index (κ2) is 6.30. The van der Waals surface area contributed by atoms with Crippen molar-refractivity contribution in [2.24, 2.45) is 0 Å². The monoisotopic (exact) mass is 294 g/mol. The molecule has 0 radical (unpaired) electrons. The van der Waals surface area contributed by atoms with E-state index in [0.29, 0.717) is 0 Å². The molecule has 0 spiro atoms. The van der Waals surface area contributed by atoms with E-state index < -0.39 is 0 Å². The first kappa shape index (κ1) is 14.8. The first-order valence-electron chi connectivity index (χ1n) is 7.90. The summed E-state index contributed by atoms with van der Waals surface area (Å²) in [5.74, 6) is 0.178. The van der Waals surface area contributed by atoms with Crippen molar-refractivity contribution in [3.05, 3.63) is 65.0 Å². The van der Waals surface area contributed by atoms with E-state index in [2.05, 4.69) is 42.2 Å². The highest BCUT2D eigenvalue weighted by atomic mass is 16.2. The van der Waals surface area contributed by atoms with E-state index in [9.17, 15) is 4.79 Å². The van der Waals surface area contributed by atoms with Crippen LogP contribution in [0.15, 0.2) is 42.7 Å². The van der Waals surface area contributed by atoms with Crippen LogP contribution in [0.3, 0.4) is 0 Å². The van der Waals surface area contributed by atoms with Crippen LogP contribution in [0, 0.1) is 6.92 Å². The fraction of sp³-hybridized carbons (Fsp3) is 0.368. The van der Waals surface area contributed by atoms with Crippen molar-refractivity contribution in [1.82, 2.24) is 9.88 Å². The van der Waals surface area contributed by atoms with Gasteiger partial charge < -0.3 is 4.90 Å². The number of rotatable bonds is 3. The molecule has 1 atom stereocenters. The van der Waals surface area contributed by atoms with Crippen molar-refractivity contribution in [1.29, 1.82) is 0 Å². The van der Waals surface area contributed by atoms with Crippen LogP contribution >= 0.6 is 0 Å². The quantitative estimate of drug-likeness (QED) is 0.865. The fourth-order valence-electron chi connectivity index (χ4n) is 3.30. The molecule has 1 amide bonds. The van der Waals surface area contributed by atoms with Gasteiger partial charge in [0, 0.05) is 25.9 Å². The zero-order valence-electron chi connectivity index (χ0n) is 13.2. The lowest BCUT2D eigenvalue weighted by Crippen LogP contribution is -2.27. The number of benzene rings is 1. The maximum absolute atomic E-state index is 11.7. The minimum Gasteiger partial charge on any atom is -0.336 e. The molecule has 22 heavy (non-hydrogen) atoms. The Kier molecular flexibility index (Phi) is 4.23. The van der Waals surface area contributed by atoms with Crippen LogP contribution in [0.5, 0.6) is 0 Å². The number of pyridine rings is 1. The summed E-state index contributed by atoms with van der Waals surface area (Å²) in [4.78, 5) is 17.9. The number of aryl methyl sites for hydroxylation is 1. The predicted molar refractivity (Wildman–Crippen MR) is 87.6 cm³/mol. The molecule has 2 heterocycles. The Balaban J connectivity index is 1.74. The Bertz CT molecular complexity index is 663. The molecule has 1 aromatic carbocycles. The SMILES string of the molecule is CC(=O)N1CCCC1c1ccc(Cc2cncc(C)c2)cc1. The van der Waals surface area contributed by atoms with Crippen molar-refractivity contribution in [3.8, 4) is 0 Å². The maximum Gasteiger partial charge on any atom is 0.219 e. The van der Waals surface area contributed by atoms with Crippen LogP contribution in [0.25, 0.3) is 0 Å². The van der Waals surface area contributed by atoms with E-state index in [0.717, 1.165) is 25.8 Å². The molecule has 1 unspecified atom stereocenters. The second-order valence-corrected chi connectivity index (χ2v) is 6.16. The largest absolute Gasteiger partial charge is 0.336 e. The number of carbonyl (C=O) groups excluding carboxylic acids is 1. The summed E-state index contributed by atoms with van der Waals surface area (Å²) in [6, 6.07) is 11.1. The van der Waals surface area contributed by atoms with E-state index in [1.54, 1.807) is 6.92 Å². The van der Waals surface area contributed by atoms with E-state index >= 15 is 0 Å². The van der Waals surface area contributed by atoms with Gasteiger partial charge in [0.05, 0.1) is 6.04 Å². The predicted octanol–water partition coefficient (Wildman–Crippen LogP) is 3.66. The van der Waals surface area contributed by atoms with E-state index in [1.165, 1.54) is 22.3 Å². The highest BCUT2D eigenvalue weighted by Crippen LogP contribution is 2.32. The average Bonchev–Trinajstić information content (AvgIpc) is 2.98. The van der Waals surface area contributed by atoms with Gasteiger partial charge in [-0.25, -0.2) is 0 Å². The van der Waals surface area contributed by atoms with Gasteiger partial charge in [-0.2, -0.15) is 0 Å². The molecular weight excluding hydrogens is 272 g/mol. The molecule has 1 aliphatic heterocycles. The Morgan fingerprint density at radius 2 is 2.00 bits per heavy atom. The summed E-state index contributed by atoms with van der Waals surface area (Å²) in [7, 11) is 0. The topological polar surface area (TPSA) is 33.2 Å². The molecule has 0 N–H and O–H groups in total. The molecular formula is C19H22N2O. The number of nitrogens with zero attached hydrogens (tertiary/aromatic N) is 2. The summed E-state index contributed by atoms with van der Waals surface area (Å²) in [6.45, 7) is 4.62. The lowest BCUT2D eigenvalue weighted by Gasteiger charge is -2.23. The van der Waals surface area contributed by atoms with Crippen LogP contribution in [0.4, 0.5) is 0 Å². The van der Waals surface area contributed by atoms with Crippen LogP contribution < -0.4 is 0 Å². The van der Waals surface area contributed by atoms with E-state index in [4.69, 9.17) is 0 Å². The summed E-state index contributed by atoms with van der Waals surface area (Å²) in [6.07, 6.45) is 6.87. The fourth-order valence-corrected chi connectivity index (χ4v) is 3.30. The first-order chi connectivity index (χ1) is 10.6. The molecule has 1 fully saturated rings. The van der Waals surface area contributed by atoms with Gasteiger partial charge in [-0.3, -0.25) is 9.78 Å². The normalized spacial score (nSPS) is 17.7. The summed E-state index contributed by atoms with van der Waals surface area (Å²) in [5, 5.41) is 0. The zero-order chi connectivity index (χ0) is 15.5. The molecule has 3 heteroatoms. The van der Waals surface area contributed by atoms with Crippen LogP contribution in [0.1, 0.15) is 48.1 Å². The van der Waals surface area contributed by atoms with Gasteiger partial charge in [0.2, 0.25) is 5.91 Å². The Labute approximate surface area is 132 Å². The number of hydrogen-bond acceptors (Lipinski definition) is 2. The van der Waals surface area contributed by atoms with Crippen LogP contribution in [-0.2, 0) is 11.2 Å². The van der Waals surface area contributed by atoms with Gasteiger partial charge >= 0.3 is 0 Å². The third-order valence-corrected chi connectivity index (χ3v) is 4.36. The van der Waals surface area contributed by atoms with Crippen molar-refractivity contribution in [3.63, 3.8) is 0 Å². The smallest absolute Gasteiger partial charge is 0.219 e. The molecule has 3 rings (SSSR count). The third-order valence-electron chi connectivity index (χ3n) is 4.36. The van der Waals surface area contributed by atoms with E-state index in [-0.39, 0.29) is 11.9 Å². The van der Waals surface area contributed by atoms with E-state index in [1.807, 2.05) is 17.3 Å². The Hall–Kier alpha value is -2.16. The number of amides is 1. The number of likely N-dealkylation sites (tertiary alicyclic amines) is 1. The minimum absolute atomic E-state index is 0.178. The molecule has 114 valence electrons. The van der Waals surface area contributed by atoms with Gasteiger partial charge in [-0.1, -0.05) is 30.3 Å². The Morgan fingerprint density at radius 1 is 1.23 bits per heavy atom. The van der Waals surface area contributed by atoms with Gasteiger partial charge in [-0.05, 0) is 48.4 Å². The second-order valence-electron chi connectivity index (χ2n) is 6.16. The van der Waals surface area contributed by atoms with Crippen molar-refractivity contribution in [2.75, 3.05) is 6.54 Å². The van der Waals surface area contributed by atoms with Crippen LogP contribution in [0.2, 0.25) is 0 Å². The zero-order valence-corrected chi connectivity index (χ0v) is 13.2. The Morgan fingerprint density at radius 3 is 2.68 bits per heavy atom. The van der Waals surface area contributed by atoms with Crippen molar-refractivity contribution >= 4 is 5.91 Å². The molecule has 0 bridgehead atoms. The summed E-state index contributed by atoms with van der Waals surface area (Å²) in [5.41, 5.74) is 4.96. The molecule has 1 saturated heterocycles. The molecule has 1 aromatic heterocycles. The van der Waals surface area contributed by atoms with Crippen LogP contribution in [-0.4, -0.2) is 22.3 Å². The van der Waals surface area contributed by atoms with Gasteiger partial charge in [0.1, 0.15) is 0 Å². The molecule has 0 saturated carbocycles. The average molecular weight is 294 g/mol. The standard InChI is InChI=1S/C19H22N2O/c1-14-10-17(13-20-12-14)11-16-5-7-18(8-6-16)19-4-3-9-21(19)15(2)22/h5-8,10,12-13,19H,3-4,9,11H2,1-2H3. The lowest BCUT2D eigenvalue weighted by molar-refractivity contribution is -0.129. The van der Waals surface area contributed by atoms with Gasteiger partial charge in [0.15, 0.2) is 0 Å². The van der Waals surface area contributed by atoms with Gasteiger partial charge in [0.25, 0.3) is 0 Å². The highest BCUT2D eigenvalue weighted by Gasteiger charge is 2.27. The maximum atomic E-state index is 11.7. The summed E-state index contributed by atoms with van der Waals surface area (Å²) >= 11 is 0. The van der Waals surface area contributed by atoms with Crippen molar-refractivity contribution < 1.29 is 4.79 Å². The number of carbonyl (C=O) groups is 1. The molecule has 1 aliphatic rings. The first-order valence-corrected chi connectivity index (χ1v) is 7.90. The van der Waals surface area contributed by atoms with Gasteiger partial charge in [-0.15, -0.1) is 0 Å². The molecule has 0 aliphatic carbocycles.